The molecule has 2 aromatic rings. The third-order valence-electron chi connectivity index (χ3n) is 2.67. The molecule has 114 valence electrons. The normalized spacial score (nSPS) is 10.3. The van der Waals surface area contributed by atoms with Crippen LogP contribution in [0.1, 0.15) is 10.4 Å². The van der Waals surface area contributed by atoms with Crippen LogP contribution in [-0.4, -0.2) is 22.7 Å². The van der Waals surface area contributed by atoms with Crippen molar-refractivity contribution in [1.82, 2.24) is 0 Å². The number of amides is 1. The van der Waals surface area contributed by atoms with Crippen LogP contribution in [0.4, 0.5) is 5.69 Å². The van der Waals surface area contributed by atoms with E-state index in [0.717, 1.165) is 4.90 Å². The largest absolute Gasteiger partial charge is 0.478 e. The minimum atomic E-state index is -1.10. The summed E-state index contributed by atoms with van der Waals surface area (Å²) in [5.41, 5.74) is 0.316. The van der Waals surface area contributed by atoms with Crippen molar-refractivity contribution in [3.05, 3.63) is 57.5 Å². The van der Waals surface area contributed by atoms with Crippen LogP contribution in [0.2, 0.25) is 5.02 Å². The first kappa shape index (κ1) is 16.9. The van der Waals surface area contributed by atoms with Crippen molar-refractivity contribution < 1.29 is 14.7 Å². The molecule has 22 heavy (non-hydrogen) atoms. The molecule has 0 spiro atoms. The van der Waals surface area contributed by atoms with E-state index in [9.17, 15) is 9.59 Å². The highest BCUT2D eigenvalue weighted by molar-refractivity contribution is 9.10. The van der Waals surface area contributed by atoms with Gasteiger partial charge >= 0.3 is 5.97 Å². The van der Waals surface area contributed by atoms with E-state index in [1.54, 1.807) is 24.3 Å². The van der Waals surface area contributed by atoms with Gasteiger partial charge in [-0.05, 0) is 42.5 Å². The Bertz CT molecular complexity index is 706. The molecule has 0 saturated heterocycles. The fraction of sp³-hybridized carbons (Fsp3) is 0.0667. The SMILES string of the molecule is O=C(CSc1ccc(Cl)cc1)Nc1ccc(Br)cc1C(=O)O. The maximum atomic E-state index is 11.9. The highest BCUT2D eigenvalue weighted by Crippen LogP contribution is 2.23. The van der Waals surface area contributed by atoms with Crippen LogP contribution in [0.15, 0.2) is 51.8 Å². The van der Waals surface area contributed by atoms with Crippen molar-refractivity contribution in [2.45, 2.75) is 4.90 Å². The molecule has 4 nitrogen and oxygen atoms in total. The molecule has 0 aliphatic rings. The number of carbonyl (C=O) groups is 2. The monoisotopic (exact) mass is 399 g/mol. The van der Waals surface area contributed by atoms with Crippen molar-refractivity contribution in [2.24, 2.45) is 0 Å². The van der Waals surface area contributed by atoms with Crippen LogP contribution in [0.25, 0.3) is 0 Å². The van der Waals surface area contributed by atoms with E-state index in [1.165, 1.54) is 17.8 Å². The van der Waals surface area contributed by atoms with Gasteiger partial charge in [-0.25, -0.2) is 4.79 Å². The van der Waals surface area contributed by atoms with Gasteiger partial charge in [-0.1, -0.05) is 27.5 Å². The lowest BCUT2D eigenvalue weighted by Gasteiger charge is -2.09. The van der Waals surface area contributed by atoms with Gasteiger partial charge in [0.15, 0.2) is 0 Å². The van der Waals surface area contributed by atoms with Gasteiger partial charge in [0, 0.05) is 14.4 Å². The van der Waals surface area contributed by atoms with Crippen LogP contribution in [-0.2, 0) is 4.79 Å². The molecule has 0 radical (unpaired) electrons. The third kappa shape index (κ3) is 4.76. The Morgan fingerprint density at radius 1 is 1.18 bits per heavy atom. The zero-order valence-electron chi connectivity index (χ0n) is 11.2. The summed E-state index contributed by atoms with van der Waals surface area (Å²) in [6, 6.07) is 11.8. The van der Waals surface area contributed by atoms with E-state index in [4.69, 9.17) is 16.7 Å². The molecule has 0 aliphatic heterocycles. The molecule has 0 bridgehead atoms. The quantitative estimate of drug-likeness (QED) is 0.724. The van der Waals surface area contributed by atoms with Gasteiger partial charge in [0.1, 0.15) is 0 Å². The smallest absolute Gasteiger partial charge is 0.337 e. The van der Waals surface area contributed by atoms with E-state index in [2.05, 4.69) is 21.2 Å². The number of carbonyl (C=O) groups excluding carboxylic acids is 1. The first-order valence-electron chi connectivity index (χ1n) is 6.17. The predicted molar refractivity (Wildman–Crippen MR) is 91.9 cm³/mol. The van der Waals surface area contributed by atoms with Crippen molar-refractivity contribution >= 4 is 56.9 Å². The van der Waals surface area contributed by atoms with Crippen LogP contribution in [0, 0.1) is 0 Å². The number of nitrogens with one attached hydrogen (secondary N) is 1. The maximum Gasteiger partial charge on any atom is 0.337 e. The first-order chi connectivity index (χ1) is 10.5. The first-order valence-corrected chi connectivity index (χ1v) is 8.32. The Kier molecular flexibility index (Phi) is 5.88. The minimum absolute atomic E-state index is 0.0409. The van der Waals surface area contributed by atoms with E-state index < -0.39 is 5.97 Å². The van der Waals surface area contributed by atoms with Gasteiger partial charge in [0.2, 0.25) is 5.91 Å². The van der Waals surface area contributed by atoms with Crippen molar-refractivity contribution in [3.8, 4) is 0 Å². The topological polar surface area (TPSA) is 66.4 Å². The molecule has 2 aromatic carbocycles. The van der Waals surface area contributed by atoms with E-state index >= 15 is 0 Å². The second-order valence-corrected chi connectivity index (χ2v) is 6.69. The summed E-state index contributed by atoms with van der Waals surface area (Å²) < 4.78 is 0.637. The predicted octanol–water partition coefficient (Wildman–Crippen LogP) is 4.53. The van der Waals surface area contributed by atoms with Crippen LogP contribution in [0.3, 0.4) is 0 Å². The molecular formula is C15H11BrClNO3S. The van der Waals surface area contributed by atoms with Crippen LogP contribution >= 0.6 is 39.3 Å². The summed E-state index contributed by atoms with van der Waals surface area (Å²) in [4.78, 5) is 24.0. The van der Waals surface area contributed by atoms with Gasteiger partial charge < -0.3 is 10.4 Å². The maximum absolute atomic E-state index is 11.9. The van der Waals surface area contributed by atoms with E-state index in [0.29, 0.717) is 9.50 Å². The lowest BCUT2D eigenvalue weighted by Crippen LogP contribution is -2.16. The number of carboxylic acids is 1. The Hall–Kier alpha value is -1.50. The van der Waals surface area contributed by atoms with Crippen molar-refractivity contribution in [2.75, 3.05) is 11.1 Å². The summed E-state index contributed by atoms with van der Waals surface area (Å²) in [5.74, 6) is -1.19. The van der Waals surface area contributed by atoms with Crippen molar-refractivity contribution in [1.29, 1.82) is 0 Å². The van der Waals surface area contributed by atoms with E-state index in [1.807, 2.05) is 12.1 Å². The number of thioether (sulfide) groups is 1. The number of benzene rings is 2. The van der Waals surface area contributed by atoms with Gasteiger partial charge in [-0.15, -0.1) is 11.8 Å². The van der Waals surface area contributed by atoms with Crippen molar-refractivity contribution in [3.63, 3.8) is 0 Å². The molecule has 0 saturated carbocycles. The molecule has 0 atom stereocenters. The van der Waals surface area contributed by atoms with Gasteiger partial charge in [-0.2, -0.15) is 0 Å². The van der Waals surface area contributed by atoms with E-state index in [-0.39, 0.29) is 22.9 Å². The second-order valence-electron chi connectivity index (χ2n) is 4.29. The molecule has 2 rings (SSSR count). The zero-order valence-corrected chi connectivity index (χ0v) is 14.3. The Labute approximate surface area is 145 Å². The highest BCUT2D eigenvalue weighted by atomic mass is 79.9. The summed E-state index contributed by atoms with van der Waals surface area (Å²) in [6.07, 6.45) is 0. The fourth-order valence-corrected chi connectivity index (χ4v) is 2.85. The highest BCUT2D eigenvalue weighted by Gasteiger charge is 2.13. The number of rotatable bonds is 5. The average Bonchev–Trinajstić information content (AvgIpc) is 2.48. The van der Waals surface area contributed by atoms with Gasteiger partial charge in [0.05, 0.1) is 17.0 Å². The molecular weight excluding hydrogens is 390 g/mol. The molecule has 2 N–H and O–H groups in total. The van der Waals surface area contributed by atoms with Crippen LogP contribution < -0.4 is 5.32 Å². The molecule has 0 heterocycles. The third-order valence-corrected chi connectivity index (χ3v) is 4.43. The van der Waals surface area contributed by atoms with Crippen LogP contribution in [0.5, 0.6) is 0 Å². The lowest BCUT2D eigenvalue weighted by atomic mass is 10.2. The molecule has 0 aliphatic carbocycles. The lowest BCUT2D eigenvalue weighted by molar-refractivity contribution is -0.113. The number of hydrogen-bond acceptors (Lipinski definition) is 3. The summed E-state index contributed by atoms with van der Waals surface area (Å²) in [6.45, 7) is 0. The summed E-state index contributed by atoms with van der Waals surface area (Å²) in [7, 11) is 0. The number of carboxylic acid groups (broad SMARTS) is 1. The Morgan fingerprint density at radius 3 is 2.50 bits per heavy atom. The number of halogens is 2. The molecule has 1 amide bonds. The second kappa shape index (κ2) is 7.67. The van der Waals surface area contributed by atoms with Gasteiger partial charge in [-0.3, -0.25) is 4.79 Å². The number of hydrogen-bond donors (Lipinski definition) is 2. The minimum Gasteiger partial charge on any atom is -0.478 e. The molecule has 0 aromatic heterocycles. The molecule has 0 fully saturated rings. The summed E-state index contributed by atoms with van der Waals surface area (Å²) >= 11 is 10.3. The summed E-state index contributed by atoms with van der Waals surface area (Å²) in [5, 5.41) is 12.4. The Morgan fingerprint density at radius 2 is 1.86 bits per heavy atom. The number of aromatic carboxylic acids is 1. The number of anilines is 1. The molecule has 7 heteroatoms. The standard InChI is InChI=1S/C15H11BrClNO3S/c16-9-1-6-13(12(7-9)15(20)21)18-14(19)8-22-11-4-2-10(17)3-5-11/h1-7H,8H2,(H,18,19)(H,20,21). The fourth-order valence-electron chi connectivity index (χ4n) is 1.67. The Balaban J connectivity index is 2.00. The average molecular weight is 401 g/mol. The zero-order chi connectivity index (χ0) is 16.1. The van der Waals surface area contributed by atoms with Gasteiger partial charge in [0.25, 0.3) is 0 Å². The molecule has 0 unspecified atom stereocenters.